The van der Waals surface area contributed by atoms with Crippen molar-refractivity contribution in [1.29, 1.82) is 0 Å². The van der Waals surface area contributed by atoms with Crippen molar-refractivity contribution in [2.45, 2.75) is 11.8 Å². The van der Waals surface area contributed by atoms with Crippen LogP contribution in [-0.2, 0) is 4.79 Å². The second-order valence-electron chi connectivity index (χ2n) is 1.37. The number of alkyl halides is 2. The number of hydrogen-bond donors (Lipinski definition) is 0. The van der Waals surface area contributed by atoms with Gasteiger partial charge in [-0.15, -0.1) is 0 Å². The third kappa shape index (κ3) is 4.39. The summed E-state index contributed by atoms with van der Waals surface area (Å²) in [5, 5.41) is 0.896. The molecule has 1 nitrogen and oxygen atoms in total. The summed E-state index contributed by atoms with van der Waals surface area (Å²) >= 11 is 7.78. The number of rotatable bonds is 3. The smallest absolute Gasteiger partial charge is 0.203 e. The molecule has 0 aromatic carbocycles. The maximum atomic E-state index is 10.9. The molecule has 0 N–H and O–H groups in total. The van der Waals surface area contributed by atoms with Crippen molar-refractivity contribution >= 4 is 48.7 Å². The molecule has 0 aliphatic heterocycles. The van der Waals surface area contributed by atoms with Crippen LogP contribution in [0.1, 0.15) is 6.92 Å². The number of hydrogen-bond acceptors (Lipinski definition) is 2. The van der Waals surface area contributed by atoms with Gasteiger partial charge in [-0.05, 0) is 5.75 Å². The lowest BCUT2D eigenvalue weighted by atomic mass is 10.5. The molecule has 0 amide bonds. The molecule has 1 unspecified atom stereocenters. The maximum absolute atomic E-state index is 10.9. The van der Waals surface area contributed by atoms with Crippen LogP contribution < -0.4 is 0 Å². The van der Waals surface area contributed by atoms with E-state index in [1.807, 2.05) is 6.92 Å². The van der Waals surface area contributed by atoms with Gasteiger partial charge in [0.25, 0.3) is 0 Å². The second kappa shape index (κ2) is 5.74. The van der Waals surface area contributed by atoms with E-state index >= 15 is 0 Å². The van der Waals surface area contributed by atoms with Crippen LogP contribution >= 0.6 is 43.6 Å². The molecule has 54 valence electrons. The summed E-state index contributed by atoms with van der Waals surface area (Å²) in [5.41, 5.74) is 0. The van der Waals surface area contributed by atoms with E-state index in [4.69, 9.17) is 0 Å². The Morgan fingerprint density at radius 2 is 2.33 bits per heavy atom. The zero-order valence-electron chi connectivity index (χ0n) is 5.06. The molecule has 0 heterocycles. The highest BCUT2D eigenvalue weighted by Crippen LogP contribution is 2.13. The SMILES string of the molecule is CCSC(=O)C(Br)CBr. The van der Waals surface area contributed by atoms with E-state index in [9.17, 15) is 4.79 Å². The number of thioether (sulfide) groups is 1. The Balaban J connectivity index is 3.46. The molecule has 4 heteroatoms. The first kappa shape index (κ1) is 9.98. The van der Waals surface area contributed by atoms with Crippen molar-refractivity contribution in [1.82, 2.24) is 0 Å². The van der Waals surface area contributed by atoms with E-state index in [1.165, 1.54) is 11.8 Å². The Morgan fingerprint density at radius 1 is 1.78 bits per heavy atom. The zero-order chi connectivity index (χ0) is 7.28. The average molecular weight is 276 g/mol. The van der Waals surface area contributed by atoms with Crippen LogP contribution in [0.5, 0.6) is 0 Å². The Kier molecular flexibility index (Phi) is 6.37. The molecule has 0 bridgehead atoms. The molecule has 0 rings (SSSR count). The van der Waals surface area contributed by atoms with Gasteiger partial charge < -0.3 is 0 Å². The predicted octanol–water partition coefficient (Wildman–Crippen LogP) is 2.42. The van der Waals surface area contributed by atoms with Crippen LogP contribution in [0.15, 0.2) is 0 Å². The number of halogens is 2. The number of carbonyl (C=O) groups excluding carboxylic acids is 1. The van der Waals surface area contributed by atoms with Crippen LogP contribution in [0.2, 0.25) is 0 Å². The zero-order valence-corrected chi connectivity index (χ0v) is 9.05. The van der Waals surface area contributed by atoms with Gasteiger partial charge in [0, 0.05) is 5.33 Å². The van der Waals surface area contributed by atoms with E-state index in [2.05, 4.69) is 31.9 Å². The van der Waals surface area contributed by atoms with Crippen molar-refractivity contribution in [3.8, 4) is 0 Å². The van der Waals surface area contributed by atoms with Gasteiger partial charge in [0.05, 0.1) is 4.83 Å². The minimum absolute atomic E-state index is 0.0255. The lowest BCUT2D eigenvalue weighted by Gasteiger charge is -2.00. The van der Waals surface area contributed by atoms with E-state index in [1.54, 1.807) is 0 Å². The first-order chi connectivity index (χ1) is 4.22. The lowest BCUT2D eigenvalue weighted by Crippen LogP contribution is -2.10. The summed E-state index contributed by atoms with van der Waals surface area (Å²) in [6.07, 6.45) is 0. The van der Waals surface area contributed by atoms with Crippen molar-refractivity contribution in [2.75, 3.05) is 11.1 Å². The summed E-state index contributed by atoms with van der Waals surface area (Å²) in [5.74, 6) is 0.855. The molecule has 0 aromatic rings. The van der Waals surface area contributed by atoms with Gasteiger partial charge in [-0.2, -0.15) is 0 Å². The monoisotopic (exact) mass is 274 g/mol. The molecule has 1 atom stereocenters. The third-order valence-corrected chi connectivity index (χ3v) is 4.09. The molecule has 0 saturated heterocycles. The molecule has 0 aliphatic rings. The fraction of sp³-hybridized carbons (Fsp3) is 0.800. The van der Waals surface area contributed by atoms with Gasteiger partial charge in [0.2, 0.25) is 5.12 Å². The first-order valence-electron chi connectivity index (χ1n) is 2.59. The maximum Gasteiger partial charge on any atom is 0.203 e. The molecule has 9 heavy (non-hydrogen) atoms. The largest absolute Gasteiger partial charge is 0.286 e. The van der Waals surface area contributed by atoms with Gasteiger partial charge in [-0.25, -0.2) is 0 Å². The van der Waals surface area contributed by atoms with Crippen molar-refractivity contribution < 1.29 is 4.79 Å². The molecular weight excluding hydrogens is 268 g/mol. The fourth-order valence-corrected chi connectivity index (χ4v) is 1.75. The van der Waals surface area contributed by atoms with Crippen LogP contribution in [-0.4, -0.2) is 21.0 Å². The van der Waals surface area contributed by atoms with Crippen LogP contribution in [0.25, 0.3) is 0 Å². The predicted molar refractivity (Wildman–Crippen MR) is 49.6 cm³/mol. The summed E-state index contributed by atoms with van der Waals surface area (Å²) in [4.78, 5) is 10.8. The first-order valence-corrected chi connectivity index (χ1v) is 5.61. The highest BCUT2D eigenvalue weighted by Gasteiger charge is 2.11. The quantitative estimate of drug-likeness (QED) is 0.736. The highest BCUT2D eigenvalue weighted by molar-refractivity contribution is 9.12. The lowest BCUT2D eigenvalue weighted by molar-refractivity contribution is -0.110. The standard InChI is InChI=1S/C5H8Br2OS/c1-2-9-5(8)4(7)3-6/h4H,2-3H2,1H3. The Hall–Kier alpha value is 0.980. The fourth-order valence-electron chi connectivity index (χ4n) is 0.296. The highest BCUT2D eigenvalue weighted by atomic mass is 79.9. The Morgan fingerprint density at radius 3 is 2.67 bits per heavy atom. The summed E-state index contributed by atoms with van der Waals surface area (Å²) < 4.78 is 0. The molecule has 0 radical (unpaired) electrons. The van der Waals surface area contributed by atoms with Crippen LogP contribution in [0.3, 0.4) is 0 Å². The molecule has 0 saturated carbocycles. The summed E-state index contributed by atoms with van der Waals surface area (Å²) in [7, 11) is 0. The Bertz CT molecular complexity index is 97.0. The van der Waals surface area contributed by atoms with Crippen molar-refractivity contribution in [3.05, 3.63) is 0 Å². The van der Waals surface area contributed by atoms with Gasteiger partial charge in [0.15, 0.2) is 0 Å². The summed E-state index contributed by atoms with van der Waals surface area (Å²) in [6, 6.07) is 0. The Labute approximate surface area is 76.2 Å². The van der Waals surface area contributed by atoms with E-state index in [0.29, 0.717) is 5.33 Å². The molecule has 0 aromatic heterocycles. The van der Waals surface area contributed by atoms with Gasteiger partial charge in [-0.3, -0.25) is 4.79 Å². The van der Waals surface area contributed by atoms with Crippen LogP contribution in [0, 0.1) is 0 Å². The van der Waals surface area contributed by atoms with E-state index < -0.39 is 0 Å². The molecule has 0 fully saturated rings. The normalized spacial score (nSPS) is 13.2. The minimum atomic E-state index is -0.0255. The van der Waals surface area contributed by atoms with E-state index in [0.717, 1.165) is 5.75 Å². The minimum Gasteiger partial charge on any atom is -0.286 e. The van der Waals surface area contributed by atoms with Crippen LogP contribution in [0.4, 0.5) is 0 Å². The van der Waals surface area contributed by atoms with Gasteiger partial charge >= 0.3 is 0 Å². The average Bonchev–Trinajstić information content (AvgIpc) is 1.87. The van der Waals surface area contributed by atoms with Crippen molar-refractivity contribution in [3.63, 3.8) is 0 Å². The molecule has 0 spiro atoms. The topological polar surface area (TPSA) is 17.1 Å². The second-order valence-corrected chi connectivity index (χ2v) is 4.40. The van der Waals surface area contributed by atoms with Gasteiger partial charge in [-0.1, -0.05) is 50.5 Å². The summed E-state index contributed by atoms with van der Waals surface area (Å²) in [6.45, 7) is 1.97. The number of carbonyl (C=O) groups is 1. The molecule has 0 aliphatic carbocycles. The molecular formula is C5H8Br2OS. The van der Waals surface area contributed by atoms with Gasteiger partial charge in [0.1, 0.15) is 0 Å². The van der Waals surface area contributed by atoms with E-state index in [-0.39, 0.29) is 9.94 Å². The third-order valence-electron chi connectivity index (χ3n) is 0.678. The van der Waals surface area contributed by atoms with Crippen molar-refractivity contribution in [2.24, 2.45) is 0 Å².